The van der Waals surface area contributed by atoms with Gasteiger partial charge >= 0.3 is 12.0 Å². The van der Waals surface area contributed by atoms with Crippen LogP contribution in [-0.4, -0.2) is 65.3 Å². The zero-order valence-electron chi connectivity index (χ0n) is 12.2. The molecule has 118 valence electrons. The summed E-state index contributed by atoms with van der Waals surface area (Å²) in [7, 11) is 0. The van der Waals surface area contributed by atoms with Gasteiger partial charge in [0.2, 0.25) is 5.91 Å². The van der Waals surface area contributed by atoms with Crippen LogP contribution >= 0.6 is 0 Å². The molecule has 0 bridgehead atoms. The molecule has 3 amide bonds. The molecule has 8 heteroatoms. The number of urea groups is 1. The van der Waals surface area contributed by atoms with E-state index in [4.69, 9.17) is 9.84 Å². The minimum absolute atomic E-state index is 0.0686. The van der Waals surface area contributed by atoms with E-state index in [1.165, 1.54) is 0 Å². The third kappa shape index (κ3) is 3.84. The maximum Gasteiger partial charge on any atom is 0.328 e. The molecule has 2 rings (SSSR count). The van der Waals surface area contributed by atoms with E-state index in [1.54, 1.807) is 0 Å². The van der Waals surface area contributed by atoms with Gasteiger partial charge < -0.3 is 20.5 Å². The van der Waals surface area contributed by atoms with Crippen LogP contribution in [0.25, 0.3) is 0 Å². The summed E-state index contributed by atoms with van der Waals surface area (Å²) in [5, 5.41) is 14.4. The molecule has 0 spiro atoms. The van der Waals surface area contributed by atoms with Crippen LogP contribution in [-0.2, 0) is 14.3 Å². The highest BCUT2D eigenvalue weighted by molar-refractivity contribution is 5.90. The molecule has 2 heterocycles. The molecule has 3 N–H and O–H groups in total. The lowest BCUT2D eigenvalue weighted by Gasteiger charge is -2.38. The number of carboxylic acid groups (broad SMARTS) is 1. The number of carbonyl (C=O) groups is 3. The van der Waals surface area contributed by atoms with Gasteiger partial charge in [0.05, 0.1) is 5.60 Å². The Morgan fingerprint density at radius 1 is 1.48 bits per heavy atom. The number of hydrogen-bond acceptors (Lipinski definition) is 4. The number of nitrogens with one attached hydrogen (secondary N) is 2. The lowest BCUT2D eigenvalue weighted by Crippen LogP contribution is -2.62. The largest absolute Gasteiger partial charge is 0.480 e. The molecule has 0 aromatic rings. The Balaban J connectivity index is 2.00. The van der Waals surface area contributed by atoms with E-state index in [1.807, 2.05) is 13.8 Å². The second-order valence-corrected chi connectivity index (χ2v) is 6.03. The summed E-state index contributed by atoms with van der Waals surface area (Å²) < 4.78 is 5.58. The summed E-state index contributed by atoms with van der Waals surface area (Å²) in [5.41, 5.74) is -0.318. The summed E-state index contributed by atoms with van der Waals surface area (Å²) in [4.78, 5) is 35.9. The van der Waals surface area contributed by atoms with Crippen molar-refractivity contribution in [1.82, 2.24) is 15.5 Å². The van der Waals surface area contributed by atoms with Gasteiger partial charge in [-0.2, -0.15) is 0 Å². The average Bonchev–Trinajstić information content (AvgIpc) is 2.36. The van der Waals surface area contributed by atoms with Gasteiger partial charge in [-0.1, -0.05) is 0 Å². The Hall–Kier alpha value is -1.83. The summed E-state index contributed by atoms with van der Waals surface area (Å²) in [6, 6.07) is -1.63. The minimum atomic E-state index is -1.13. The zero-order chi connectivity index (χ0) is 15.6. The lowest BCUT2D eigenvalue weighted by atomic mass is 9.94. The number of hydrogen-bond donors (Lipinski definition) is 3. The van der Waals surface area contributed by atoms with Crippen LogP contribution in [0.2, 0.25) is 0 Å². The van der Waals surface area contributed by atoms with E-state index < -0.39 is 18.0 Å². The number of aliphatic carboxylic acids is 1. The predicted molar refractivity (Wildman–Crippen MR) is 72.7 cm³/mol. The average molecular weight is 299 g/mol. The summed E-state index contributed by atoms with van der Waals surface area (Å²) in [6.45, 7) is 4.12. The van der Waals surface area contributed by atoms with E-state index in [-0.39, 0.29) is 30.6 Å². The van der Waals surface area contributed by atoms with Gasteiger partial charge in [-0.15, -0.1) is 0 Å². The molecule has 0 aliphatic carbocycles. The van der Waals surface area contributed by atoms with E-state index in [0.717, 1.165) is 4.90 Å². The first kappa shape index (κ1) is 15.6. The third-order valence-corrected chi connectivity index (χ3v) is 3.75. The smallest absolute Gasteiger partial charge is 0.328 e. The van der Waals surface area contributed by atoms with Crippen molar-refractivity contribution >= 4 is 17.9 Å². The van der Waals surface area contributed by atoms with Crippen LogP contribution in [0.15, 0.2) is 0 Å². The van der Waals surface area contributed by atoms with Gasteiger partial charge in [-0.25, -0.2) is 9.59 Å². The molecule has 21 heavy (non-hydrogen) atoms. The van der Waals surface area contributed by atoms with Crippen molar-refractivity contribution in [3.05, 3.63) is 0 Å². The van der Waals surface area contributed by atoms with Gasteiger partial charge in [-0.3, -0.25) is 9.69 Å². The van der Waals surface area contributed by atoms with Crippen molar-refractivity contribution in [3.8, 4) is 0 Å². The molecule has 2 atom stereocenters. The number of carbonyl (C=O) groups excluding carboxylic acids is 2. The van der Waals surface area contributed by atoms with E-state index in [9.17, 15) is 14.4 Å². The molecule has 8 nitrogen and oxygen atoms in total. The van der Waals surface area contributed by atoms with Crippen molar-refractivity contribution in [2.75, 3.05) is 19.7 Å². The van der Waals surface area contributed by atoms with Crippen molar-refractivity contribution < 1.29 is 24.2 Å². The molecule has 2 fully saturated rings. The number of amides is 3. The van der Waals surface area contributed by atoms with Gasteiger partial charge in [0.25, 0.3) is 0 Å². The Morgan fingerprint density at radius 2 is 2.19 bits per heavy atom. The summed E-state index contributed by atoms with van der Waals surface area (Å²) in [6.07, 6.45) is 1.32. The second-order valence-electron chi connectivity index (χ2n) is 6.03. The Morgan fingerprint density at radius 3 is 2.81 bits per heavy atom. The van der Waals surface area contributed by atoms with Crippen molar-refractivity contribution in [2.45, 2.75) is 44.4 Å². The van der Waals surface area contributed by atoms with E-state index >= 15 is 0 Å². The molecule has 0 radical (unpaired) electrons. The lowest BCUT2D eigenvalue weighted by molar-refractivity contribution is -0.144. The molecule has 2 aliphatic heterocycles. The number of carboxylic acids is 1. The molecule has 0 saturated carbocycles. The Bertz CT molecular complexity index is 451. The fourth-order valence-corrected chi connectivity index (χ4v) is 2.69. The second kappa shape index (κ2) is 5.88. The van der Waals surface area contributed by atoms with Gasteiger partial charge in [0.15, 0.2) is 0 Å². The standard InChI is InChI=1S/C13H21N3O5/c1-13(2)5-8(3-4-21-13)15-12(20)16-7-10(17)14-6-9(16)11(18)19/h8-9H,3-7H2,1-2H3,(H,14,17)(H,15,20)(H,18,19). The fraction of sp³-hybridized carbons (Fsp3) is 0.769. The Kier molecular flexibility index (Phi) is 4.36. The normalized spacial score (nSPS) is 28.7. The first-order valence-corrected chi connectivity index (χ1v) is 6.99. The third-order valence-electron chi connectivity index (χ3n) is 3.75. The van der Waals surface area contributed by atoms with Crippen molar-refractivity contribution in [2.24, 2.45) is 0 Å². The highest BCUT2D eigenvalue weighted by Gasteiger charge is 2.37. The monoisotopic (exact) mass is 299 g/mol. The number of piperazine rings is 1. The maximum atomic E-state index is 12.3. The maximum absolute atomic E-state index is 12.3. The molecule has 0 aromatic heterocycles. The van der Waals surface area contributed by atoms with E-state index in [0.29, 0.717) is 19.4 Å². The zero-order valence-corrected chi connectivity index (χ0v) is 12.2. The van der Waals surface area contributed by atoms with Gasteiger partial charge in [0, 0.05) is 19.2 Å². The highest BCUT2D eigenvalue weighted by Crippen LogP contribution is 2.24. The number of ether oxygens (including phenoxy) is 1. The first-order valence-electron chi connectivity index (χ1n) is 6.99. The van der Waals surface area contributed by atoms with Crippen LogP contribution in [0.1, 0.15) is 26.7 Å². The summed E-state index contributed by atoms with van der Waals surface area (Å²) in [5.74, 6) is -1.48. The van der Waals surface area contributed by atoms with Crippen molar-refractivity contribution in [3.63, 3.8) is 0 Å². The van der Waals surface area contributed by atoms with Crippen LogP contribution in [0.4, 0.5) is 4.79 Å². The number of nitrogens with zero attached hydrogens (tertiary/aromatic N) is 1. The molecule has 2 aliphatic rings. The first-order chi connectivity index (χ1) is 9.78. The predicted octanol–water partition coefficient (Wildman–Crippen LogP) is -0.461. The quantitative estimate of drug-likeness (QED) is 0.639. The molecule has 2 saturated heterocycles. The summed E-state index contributed by atoms with van der Waals surface area (Å²) >= 11 is 0. The van der Waals surface area contributed by atoms with Crippen LogP contribution in [0.5, 0.6) is 0 Å². The van der Waals surface area contributed by atoms with Crippen LogP contribution < -0.4 is 10.6 Å². The Labute approximate surface area is 122 Å². The number of rotatable bonds is 2. The van der Waals surface area contributed by atoms with Crippen LogP contribution in [0, 0.1) is 0 Å². The minimum Gasteiger partial charge on any atom is -0.480 e. The molecular weight excluding hydrogens is 278 g/mol. The molecular formula is C13H21N3O5. The molecule has 2 unspecified atom stereocenters. The molecule has 0 aromatic carbocycles. The topological polar surface area (TPSA) is 108 Å². The SMILES string of the molecule is CC1(C)CC(NC(=O)N2CC(=O)NCC2C(=O)O)CCO1. The van der Waals surface area contributed by atoms with E-state index in [2.05, 4.69) is 10.6 Å². The fourth-order valence-electron chi connectivity index (χ4n) is 2.69. The highest BCUT2D eigenvalue weighted by atomic mass is 16.5. The van der Waals surface area contributed by atoms with Crippen LogP contribution in [0.3, 0.4) is 0 Å². The van der Waals surface area contributed by atoms with Crippen molar-refractivity contribution in [1.29, 1.82) is 0 Å². The van der Waals surface area contributed by atoms with Gasteiger partial charge in [0.1, 0.15) is 12.6 Å². The van der Waals surface area contributed by atoms with Gasteiger partial charge in [-0.05, 0) is 26.7 Å².